The summed E-state index contributed by atoms with van der Waals surface area (Å²) in [7, 11) is 0. The Labute approximate surface area is 97.3 Å². The van der Waals surface area contributed by atoms with Gasteiger partial charge in [0.05, 0.1) is 6.04 Å². The molecule has 0 aromatic rings. The lowest BCUT2D eigenvalue weighted by molar-refractivity contribution is 0.453. The molecule has 1 fully saturated rings. The minimum Gasteiger partial charge on any atom is -0.370 e. The first-order chi connectivity index (χ1) is 7.13. The molecule has 4 heteroatoms. The standard InChI is InChI=1S/C11H23N3S/c1-8(2)13-11(12)14-9-6-4-5-7-10(9)15-3/h8-10H,4-7H2,1-3H3,(H3,12,13,14). The van der Waals surface area contributed by atoms with Gasteiger partial charge in [0.2, 0.25) is 0 Å². The summed E-state index contributed by atoms with van der Waals surface area (Å²) in [5, 5.41) is 3.81. The van der Waals surface area contributed by atoms with Crippen molar-refractivity contribution in [2.24, 2.45) is 10.7 Å². The van der Waals surface area contributed by atoms with E-state index in [4.69, 9.17) is 5.73 Å². The first-order valence-electron chi connectivity index (χ1n) is 5.76. The fourth-order valence-corrected chi connectivity index (χ4v) is 2.93. The Hall–Kier alpha value is -0.380. The summed E-state index contributed by atoms with van der Waals surface area (Å²) in [5.41, 5.74) is 5.85. The van der Waals surface area contributed by atoms with Crippen LogP contribution >= 0.6 is 11.8 Å². The number of nitrogens with zero attached hydrogens (tertiary/aromatic N) is 1. The molecule has 2 atom stereocenters. The minimum absolute atomic E-state index is 0.366. The zero-order valence-electron chi connectivity index (χ0n) is 9.99. The molecule has 0 bridgehead atoms. The Morgan fingerprint density at radius 1 is 1.40 bits per heavy atom. The quantitative estimate of drug-likeness (QED) is 0.574. The zero-order chi connectivity index (χ0) is 11.3. The highest BCUT2D eigenvalue weighted by Crippen LogP contribution is 2.29. The van der Waals surface area contributed by atoms with Gasteiger partial charge >= 0.3 is 0 Å². The molecular formula is C11H23N3S. The van der Waals surface area contributed by atoms with E-state index in [9.17, 15) is 0 Å². The van der Waals surface area contributed by atoms with Crippen LogP contribution in [0.15, 0.2) is 4.99 Å². The van der Waals surface area contributed by atoms with E-state index >= 15 is 0 Å². The van der Waals surface area contributed by atoms with Crippen molar-refractivity contribution in [1.29, 1.82) is 0 Å². The van der Waals surface area contributed by atoms with E-state index in [0.717, 1.165) is 0 Å². The molecule has 0 aliphatic heterocycles. The van der Waals surface area contributed by atoms with Gasteiger partial charge in [0, 0.05) is 11.3 Å². The number of rotatable bonds is 3. The maximum Gasteiger partial charge on any atom is 0.189 e. The molecule has 88 valence electrons. The molecule has 0 saturated heterocycles. The van der Waals surface area contributed by atoms with Crippen LogP contribution in [0.25, 0.3) is 0 Å². The number of hydrogen-bond acceptors (Lipinski definition) is 2. The molecule has 2 unspecified atom stereocenters. The summed E-state index contributed by atoms with van der Waals surface area (Å²) in [6.45, 7) is 4.16. The molecule has 1 saturated carbocycles. The number of hydrogen-bond donors (Lipinski definition) is 2. The summed E-state index contributed by atoms with van der Waals surface area (Å²) in [6, 6.07) is 0.782. The maximum atomic E-state index is 5.85. The Balaban J connectivity index is 2.52. The third-order valence-electron chi connectivity index (χ3n) is 2.71. The van der Waals surface area contributed by atoms with Gasteiger partial charge in [0.25, 0.3) is 0 Å². The van der Waals surface area contributed by atoms with Crippen molar-refractivity contribution in [3.8, 4) is 0 Å². The van der Waals surface area contributed by atoms with Crippen LogP contribution in [0.3, 0.4) is 0 Å². The highest BCUT2D eigenvalue weighted by Gasteiger charge is 2.23. The molecule has 0 radical (unpaired) electrons. The molecule has 0 heterocycles. The van der Waals surface area contributed by atoms with E-state index < -0.39 is 0 Å². The van der Waals surface area contributed by atoms with Crippen LogP contribution in [0.5, 0.6) is 0 Å². The second kappa shape index (κ2) is 6.26. The molecule has 0 amide bonds. The minimum atomic E-state index is 0.366. The lowest BCUT2D eigenvalue weighted by Crippen LogP contribution is -2.39. The molecule has 0 spiro atoms. The average molecular weight is 229 g/mol. The van der Waals surface area contributed by atoms with E-state index in [2.05, 4.69) is 30.4 Å². The molecule has 1 aliphatic rings. The SMILES string of the molecule is CSC1CCCCC1N=C(N)NC(C)C. The van der Waals surface area contributed by atoms with E-state index in [1.807, 2.05) is 11.8 Å². The predicted molar refractivity (Wildman–Crippen MR) is 69.5 cm³/mol. The van der Waals surface area contributed by atoms with Crippen LogP contribution in [-0.2, 0) is 0 Å². The monoisotopic (exact) mass is 229 g/mol. The number of thioether (sulfide) groups is 1. The van der Waals surface area contributed by atoms with Crippen molar-refractivity contribution >= 4 is 17.7 Å². The van der Waals surface area contributed by atoms with Crippen LogP contribution < -0.4 is 11.1 Å². The first-order valence-corrected chi connectivity index (χ1v) is 7.05. The largest absolute Gasteiger partial charge is 0.370 e. The fraction of sp³-hybridized carbons (Fsp3) is 0.909. The molecule has 0 aromatic carbocycles. The topological polar surface area (TPSA) is 50.4 Å². The van der Waals surface area contributed by atoms with Crippen molar-refractivity contribution in [1.82, 2.24) is 5.32 Å². The third-order valence-corrected chi connectivity index (χ3v) is 3.87. The molecule has 15 heavy (non-hydrogen) atoms. The van der Waals surface area contributed by atoms with Crippen LogP contribution in [0.4, 0.5) is 0 Å². The Bertz CT molecular complexity index is 216. The summed E-state index contributed by atoms with van der Waals surface area (Å²) in [4.78, 5) is 4.59. The Morgan fingerprint density at radius 2 is 2.07 bits per heavy atom. The van der Waals surface area contributed by atoms with Gasteiger partial charge in [-0.1, -0.05) is 12.8 Å². The van der Waals surface area contributed by atoms with Crippen molar-refractivity contribution in [2.45, 2.75) is 56.9 Å². The second-order valence-corrected chi connectivity index (χ2v) is 5.52. The van der Waals surface area contributed by atoms with Crippen LogP contribution in [0.1, 0.15) is 39.5 Å². The van der Waals surface area contributed by atoms with Gasteiger partial charge in [-0.3, -0.25) is 0 Å². The normalized spacial score (nSPS) is 28.1. The summed E-state index contributed by atoms with van der Waals surface area (Å²) in [6.07, 6.45) is 7.27. The van der Waals surface area contributed by atoms with Gasteiger partial charge in [-0.05, 0) is 32.9 Å². The smallest absolute Gasteiger partial charge is 0.189 e. The number of guanidine groups is 1. The lowest BCUT2D eigenvalue weighted by atomic mass is 9.95. The summed E-state index contributed by atoms with van der Waals surface area (Å²) < 4.78 is 0. The van der Waals surface area contributed by atoms with Gasteiger partial charge in [0.1, 0.15) is 0 Å². The van der Waals surface area contributed by atoms with Crippen molar-refractivity contribution < 1.29 is 0 Å². The van der Waals surface area contributed by atoms with Gasteiger partial charge in [-0.25, -0.2) is 4.99 Å². The van der Waals surface area contributed by atoms with Crippen molar-refractivity contribution in [3.63, 3.8) is 0 Å². The predicted octanol–water partition coefficient (Wildman–Crippen LogP) is 1.97. The van der Waals surface area contributed by atoms with Crippen LogP contribution in [0.2, 0.25) is 0 Å². The average Bonchev–Trinajstić information content (AvgIpc) is 2.17. The number of nitrogens with two attached hydrogens (primary N) is 1. The van der Waals surface area contributed by atoms with E-state index in [0.29, 0.717) is 23.3 Å². The molecule has 3 N–H and O–H groups in total. The second-order valence-electron chi connectivity index (χ2n) is 4.44. The van der Waals surface area contributed by atoms with E-state index in [1.165, 1.54) is 25.7 Å². The number of nitrogens with one attached hydrogen (secondary N) is 1. The van der Waals surface area contributed by atoms with Gasteiger partial charge in [-0.2, -0.15) is 11.8 Å². The highest BCUT2D eigenvalue weighted by atomic mass is 32.2. The lowest BCUT2D eigenvalue weighted by Gasteiger charge is -2.27. The van der Waals surface area contributed by atoms with Gasteiger partial charge in [0.15, 0.2) is 5.96 Å². The van der Waals surface area contributed by atoms with Crippen LogP contribution in [-0.4, -0.2) is 29.5 Å². The summed E-state index contributed by atoms with van der Waals surface area (Å²) in [5.74, 6) is 0.607. The van der Waals surface area contributed by atoms with E-state index in [1.54, 1.807) is 0 Å². The van der Waals surface area contributed by atoms with Crippen molar-refractivity contribution in [3.05, 3.63) is 0 Å². The molecule has 1 aliphatic carbocycles. The molecule has 3 nitrogen and oxygen atoms in total. The van der Waals surface area contributed by atoms with Gasteiger partial charge < -0.3 is 11.1 Å². The number of aliphatic imine (C=N–C) groups is 1. The molecule has 1 rings (SSSR count). The highest BCUT2D eigenvalue weighted by molar-refractivity contribution is 7.99. The Kier molecular flexibility index (Phi) is 5.29. The van der Waals surface area contributed by atoms with Gasteiger partial charge in [-0.15, -0.1) is 0 Å². The van der Waals surface area contributed by atoms with E-state index in [-0.39, 0.29) is 0 Å². The molecular weight excluding hydrogens is 206 g/mol. The first kappa shape index (κ1) is 12.7. The summed E-state index contributed by atoms with van der Waals surface area (Å²) >= 11 is 1.92. The van der Waals surface area contributed by atoms with Crippen LogP contribution in [0, 0.1) is 0 Å². The molecule has 0 aromatic heterocycles. The van der Waals surface area contributed by atoms with Crippen molar-refractivity contribution in [2.75, 3.05) is 6.26 Å². The third kappa shape index (κ3) is 4.33. The maximum absolute atomic E-state index is 5.85. The Morgan fingerprint density at radius 3 is 2.67 bits per heavy atom. The fourth-order valence-electron chi connectivity index (χ4n) is 2.01. The zero-order valence-corrected chi connectivity index (χ0v) is 10.8.